The number of benzene rings is 2. The van der Waals surface area contributed by atoms with Crippen molar-refractivity contribution < 1.29 is 13.2 Å². The number of ether oxygens (including phenoxy) is 1. The quantitative estimate of drug-likeness (QED) is 0.736. The maximum absolute atomic E-state index is 11.5. The Morgan fingerprint density at radius 3 is 2.24 bits per heavy atom. The van der Waals surface area contributed by atoms with E-state index in [0.29, 0.717) is 0 Å². The maximum Gasteiger partial charge on any atom is 0.175 e. The van der Waals surface area contributed by atoms with Gasteiger partial charge in [0.2, 0.25) is 0 Å². The van der Waals surface area contributed by atoms with E-state index in [1.54, 1.807) is 31.4 Å². The van der Waals surface area contributed by atoms with Crippen molar-refractivity contribution in [2.24, 2.45) is 0 Å². The van der Waals surface area contributed by atoms with Crippen LogP contribution < -0.4 is 4.74 Å². The second kappa shape index (κ2) is 6.38. The molecule has 0 heterocycles. The average molecular weight is 390 g/mol. The first kappa shape index (κ1) is 16.3. The van der Waals surface area contributed by atoms with Gasteiger partial charge in [-0.1, -0.05) is 34.1 Å². The maximum atomic E-state index is 11.5. The largest absolute Gasteiger partial charge is 0.497 e. The number of hydrogen-bond donors (Lipinski definition) is 0. The molecule has 112 valence electrons. The van der Waals surface area contributed by atoms with Gasteiger partial charge in [-0.05, 0) is 35.4 Å². The summed E-state index contributed by atoms with van der Waals surface area (Å²) in [6, 6.07) is 12.1. The van der Waals surface area contributed by atoms with Crippen molar-refractivity contribution in [3.05, 3.63) is 58.1 Å². The molecule has 2 aromatic rings. The lowest BCUT2D eigenvalue weighted by atomic mass is 10.0. The highest BCUT2D eigenvalue weighted by molar-refractivity contribution is 9.10. The fraction of sp³-hybridized carbons (Fsp3) is 0.200. The van der Waals surface area contributed by atoms with E-state index in [1.807, 2.05) is 18.2 Å². The van der Waals surface area contributed by atoms with Crippen LogP contribution in [-0.2, 0) is 9.84 Å². The van der Waals surface area contributed by atoms with E-state index in [4.69, 9.17) is 16.3 Å². The predicted molar refractivity (Wildman–Crippen MR) is 87.9 cm³/mol. The summed E-state index contributed by atoms with van der Waals surface area (Å²) < 4.78 is 28.9. The van der Waals surface area contributed by atoms with E-state index >= 15 is 0 Å². The molecule has 0 amide bonds. The minimum atomic E-state index is -3.20. The van der Waals surface area contributed by atoms with Crippen LogP contribution >= 0.6 is 27.5 Å². The van der Waals surface area contributed by atoms with Crippen LogP contribution in [0.4, 0.5) is 0 Å². The summed E-state index contributed by atoms with van der Waals surface area (Å²) in [4.78, 5) is 0.281. The van der Waals surface area contributed by atoms with Crippen LogP contribution in [0.2, 0.25) is 0 Å². The van der Waals surface area contributed by atoms with E-state index in [2.05, 4.69) is 15.9 Å². The molecule has 1 unspecified atom stereocenters. The third kappa shape index (κ3) is 3.78. The Labute approximate surface area is 137 Å². The predicted octanol–water partition coefficient (Wildman–Crippen LogP) is 4.19. The van der Waals surface area contributed by atoms with Crippen LogP contribution in [0, 0.1) is 0 Å². The van der Waals surface area contributed by atoms with E-state index in [1.165, 1.54) is 6.26 Å². The molecule has 0 spiro atoms. The molecule has 0 saturated carbocycles. The summed E-state index contributed by atoms with van der Waals surface area (Å²) in [5.74, 6) is 0.738. The minimum absolute atomic E-state index is 0.281. The Morgan fingerprint density at radius 1 is 1.14 bits per heavy atom. The summed E-state index contributed by atoms with van der Waals surface area (Å²) in [6.45, 7) is 0. The van der Waals surface area contributed by atoms with Crippen molar-refractivity contribution in [1.82, 2.24) is 0 Å². The molecule has 3 nitrogen and oxygen atoms in total. The monoisotopic (exact) mass is 388 g/mol. The van der Waals surface area contributed by atoms with E-state index < -0.39 is 9.84 Å². The number of methoxy groups -OCH3 is 1. The third-order valence-electron chi connectivity index (χ3n) is 3.08. The topological polar surface area (TPSA) is 43.4 Å². The fourth-order valence-corrected chi connectivity index (χ4v) is 3.59. The summed E-state index contributed by atoms with van der Waals surface area (Å²) in [5.41, 5.74) is 1.72. The second-order valence-electron chi connectivity index (χ2n) is 4.59. The molecule has 0 aliphatic heterocycles. The number of alkyl halides is 1. The summed E-state index contributed by atoms with van der Waals surface area (Å²) in [5, 5.41) is -0.376. The molecule has 0 fully saturated rings. The summed E-state index contributed by atoms with van der Waals surface area (Å²) >= 11 is 9.95. The van der Waals surface area contributed by atoms with Gasteiger partial charge in [0.05, 0.1) is 17.4 Å². The molecule has 21 heavy (non-hydrogen) atoms. The highest BCUT2D eigenvalue weighted by Crippen LogP contribution is 2.35. The molecule has 2 rings (SSSR count). The molecule has 1 atom stereocenters. The molecular formula is C15H14BrClO3S. The lowest BCUT2D eigenvalue weighted by Gasteiger charge is -2.13. The van der Waals surface area contributed by atoms with Crippen LogP contribution in [0.25, 0.3) is 0 Å². The van der Waals surface area contributed by atoms with Crippen molar-refractivity contribution >= 4 is 37.4 Å². The molecule has 0 saturated heterocycles. The smallest absolute Gasteiger partial charge is 0.175 e. The van der Waals surface area contributed by atoms with Gasteiger partial charge in [0.25, 0.3) is 0 Å². The minimum Gasteiger partial charge on any atom is -0.497 e. The van der Waals surface area contributed by atoms with Crippen molar-refractivity contribution in [3.8, 4) is 5.75 Å². The molecule has 0 bridgehead atoms. The van der Waals surface area contributed by atoms with Gasteiger partial charge in [-0.25, -0.2) is 8.42 Å². The van der Waals surface area contributed by atoms with Crippen molar-refractivity contribution in [2.45, 2.75) is 10.3 Å². The SMILES string of the molecule is COc1ccc(C(Cl)c2ccc(S(C)(=O)=O)cc2)c(Br)c1. The molecule has 2 aromatic carbocycles. The Kier molecular flexibility index (Phi) is 4.96. The molecule has 0 aliphatic rings. The zero-order valence-electron chi connectivity index (χ0n) is 11.5. The summed E-state index contributed by atoms with van der Waals surface area (Å²) in [6.07, 6.45) is 1.18. The van der Waals surface area contributed by atoms with Crippen molar-refractivity contribution in [1.29, 1.82) is 0 Å². The fourth-order valence-electron chi connectivity index (χ4n) is 1.90. The zero-order valence-corrected chi connectivity index (χ0v) is 14.7. The average Bonchev–Trinajstić information content (AvgIpc) is 2.45. The Bertz CT molecular complexity index is 742. The van der Waals surface area contributed by atoms with Gasteiger partial charge in [-0.3, -0.25) is 0 Å². The molecule has 6 heteroatoms. The Hall–Kier alpha value is -1.04. The van der Waals surface area contributed by atoms with Crippen LogP contribution in [-0.4, -0.2) is 21.8 Å². The highest BCUT2D eigenvalue weighted by atomic mass is 79.9. The normalized spacial score (nSPS) is 13.0. The third-order valence-corrected chi connectivity index (χ3v) is 5.38. The molecule has 0 aliphatic carbocycles. The Balaban J connectivity index is 2.34. The van der Waals surface area contributed by atoms with Gasteiger partial charge < -0.3 is 4.74 Å². The van der Waals surface area contributed by atoms with Crippen molar-refractivity contribution in [2.75, 3.05) is 13.4 Å². The first-order valence-corrected chi connectivity index (χ1v) is 9.22. The van der Waals surface area contributed by atoms with Gasteiger partial charge in [0.15, 0.2) is 9.84 Å². The van der Waals surface area contributed by atoms with Crippen molar-refractivity contribution in [3.63, 3.8) is 0 Å². The first-order valence-electron chi connectivity index (χ1n) is 6.10. The van der Waals surface area contributed by atoms with E-state index in [9.17, 15) is 8.42 Å². The standard InChI is InChI=1S/C15H14BrClO3S/c1-20-11-5-8-13(14(16)9-11)15(17)10-3-6-12(7-4-10)21(2,18)19/h3-9,15H,1-2H3. The van der Waals surface area contributed by atoms with Crippen LogP contribution in [0.3, 0.4) is 0 Å². The van der Waals surface area contributed by atoms with Crippen LogP contribution in [0.5, 0.6) is 5.75 Å². The van der Waals surface area contributed by atoms with Gasteiger partial charge >= 0.3 is 0 Å². The number of rotatable bonds is 4. The van der Waals surface area contributed by atoms with Gasteiger partial charge in [-0.2, -0.15) is 0 Å². The van der Waals surface area contributed by atoms with Gasteiger partial charge in [-0.15, -0.1) is 11.6 Å². The number of halogens is 2. The second-order valence-corrected chi connectivity index (χ2v) is 7.90. The number of hydrogen-bond acceptors (Lipinski definition) is 3. The molecule has 0 radical (unpaired) electrons. The zero-order chi connectivity index (χ0) is 15.6. The van der Waals surface area contributed by atoms with Crippen LogP contribution in [0.15, 0.2) is 51.8 Å². The van der Waals surface area contributed by atoms with Gasteiger partial charge in [0.1, 0.15) is 5.75 Å². The number of sulfone groups is 1. The van der Waals surface area contributed by atoms with E-state index in [-0.39, 0.29) is 10.3 Å². The molecule has 0 N–H and O–H groups in total. The Morgan fingerprint density at radius 2 is 1.76 bits per heavy atom. The first-order chi connectivity index (χ1) is 9.82. The lowest BCUT2D eigenvalue weighted by molar-refractivity contribution is 0.414. The molecule has 0 aromatic heterocycles. The summed E-state index contributed by atoms with van der Waals surface area (Å²) in [7, 11) is -1.60. The molecular weight excluding hydrogens is 376 g/mol. The van der Waals surface area contributed by atoms with Crippen LogP contribution in [0.1, 0.15) is 16.5 Å². The van der Waals surface area contributed by atoms with Gasteiger partial charge in [0, 0.05) is 10.7 Å². The highest BCUT2D eigenvalue weighted by Gasteiger charge is 2.15. The van der Waals surface area contributed by atoms with E-state index in [0.717, 1.165) is 21.3 Å². The lowest BCUT2D eigenvalue weighted by Crippen LogP contribution is -1.99.